The maximum absolute atomic E-state index is 12.8. The maximum Gasteiger partial charge on any atom is 0.254 e. The van der Waals surface area contributed by atoms with Crippen molar-refractivity contribution in [2.24, 2.45) is 0 Å². The second-order valence-corrected chi connectivity index (χ2v) is 8.21. The number of carbonyl (C=O) groups excluding carboxylic acids is 1. The van der Waals surface area contributed by atoms with Crippen molar-refractivity contribution in [3.8, 4) is 11.5 Å². The Morgan fingerprint density at radius 2 is 1.81 bits per heavy atom. The highest BCUT2D eigenvalue weighted by molar-refractivity contribution is 5.99. The summed E-state index contributed by atoms with van der Waals surface area (Å²) in [5, 5.41) is 1.32. The van der Waals surface area contributed by atoms with Crippen molar-refractivity contribution < 1.29 is 14.3 Å². The Bertz CT molecular complexity index is 1060. The standard InChI is InChI=1S/C25H31N3O3/c1-27(11-6-8-18-16-26-22-10-5-4-9-20(18)22)12-7-13-28-17-19-14-23(30-2)24(31-3)15-21(19)25(28)29/h4-5,9-10,14-16,26H,6-8,11-13,17H2,1-3H3. The molecule has 1 aromatic heterocycles. The van der Waals surface area contributed by atoms with Crippen LogP contribution in [0.3, 0.4) is 0 Å². The molecule has 6 heteroatoms. The fourth-order valence-corrected chi connectivity index (χ4v) is 4.40. The molecule has 2 heterocycles. The monoisotopic (exact) mass is 421 g/mol. The minimum absolute atomic E-state index is 0.0814. The third-order valence-electron chi connectivity index (χ3n) is 6.12. The number of nitrogens with one attached hydrogen (secondary N) is 1. The van der Waals surface area contributed by atoms with Crippen LogP contribution in [0.5, 0.6) is 11.5 Å². The number of hydrogen-bond acceptors (Lipinski definition) is 4. The first-order chi connectivity index (χ1) is 15.1. The van der Waals surface area contributed by atoms with E-state index >= 15 is 0 Å². The molecule has 0 spiro atoms. The lowest BCUT2D eigenvalue weighted by Gasteiger charge is -2.20. The van der Waals surface area contributed by atoms with Crippen LogP contribution in [0.25, 0.3) is 10.9 Å². The first-order valence-electron chi connectivity index (χ1n) is 10.9. The van der Waals surface area contributed by atoms with Crippen LogP contribution in [0.2, 0.25) is 0 Å². The van der Waals surface area contributed by atoms with Crippen LogP contribution >= 0.6 is 0 Å². The minimum atomic E-state index is 0.0814. The van der Waals surface area contributed by atoms with E-state index in [1.165, 1.54) is 16.5 Å². The zero-order valence-electron chi connectivity index (χ0n) is 18.6. The predicted molar refractivity (Wildman–Crippen MR) is 123 cm³/mol. The van der Waals surface area contributed by atoms with E-state index in [9.17, 15) is 4.79 Å². The Balaban J connectivity index is 1.22. The molecule has 164 valence electrons. The second kappa shape index (κ2) is 9.43. The molecule has 4 rings (SSSR count). The summed E-state index contributed by atoms with van der Waals surface area (Å²) >= 11 is 0. The number of methoxy groups -OCH3 is 2. The van der Waals surface area contributed by atoms with E-state index in [4.69, 9.17) is 9.47 Å². The first kappa shape index (κ1) is 21.2. The van der Waals surface area contributed by atoms with Crippen molar-refractivity contribution in [1.29, 1.82) is 0 Å². The summed E-state index contributed by atoms with van der Waals surface area (Å²) in [5.74, 6) is 1.36. The number of rotatable bonds is 10. The van der Waals surface area contributed by atoms with E-state index in [0.29, 0.717) is 18.0 Å². The molecular weight excluding hydrogens is 390 g/mol. The van der Waals surface area contributed by atoms with Gasteiger partial charge >= 0.3 is 0 Å². The lowest BCUT2D eigenvalue weighted by molar-refractivity contribution is 0.0772. The number of ether oxygens (including phenoxy) is 2. The molecule has 0 unspecified atom stereocenters. The molecule has 31 heavy (non-hydrogen) atoms. The number of para-hydroxylation sites is 1. The molecule has 0 fully saturated rings. The molecule has 6 nitrogen and oxygen atoms in total. The highest BCUT2D eigenvalue weighted by atomic mass is 16.5. The zero-order valence-corrected chi connectivity index (χ0v) is 18.6. The molecule has 1 aliphatic heterocycles. The summed E-state index contributed by atoms with van der Waals surface area (Å²) < 4.78 is 10.7. The van der Waals surface area contributed by atoms with Gasteiger partial charge < -0.3 is 24.3 Å². The van der Waals surface area contributed by atoms with Gasteiger partial charge in [0, 0.05) is 35.8 Å². The third kappa shape index (κ3) is 4.54. The lowest BCUT2D eigenvalue weighted by atomic mass is 10.1. The molecular formula is C25H31N3O3. The normalized spacial score (nSPS) is 13.3. The Morgan fingerprint density at radius 1 is 1.06 bits per heavy atom. The SMILES string of the molecule is COc1cc2c(cc1OC)C(=O)N(CCCN(C)CCCc1c[nH]c3ccccc13)C2. The number of aromatic nitrogens is 1. The van der Waals surface area contributed by atoms with Crippen molar-refractivity contribution >= 4 is 16.8 Å². The molecule has 0 radical (unpaired) electrons. The van der Waals surface area contributed by atoms with Crippen molar-refractivity contribution in [3.63, 3.8) is 0 Å². The molecule has 1 aliphatic rings. The number of nitrogens with zero attached hydrogens (tertiary/aromatic N) is 2. The summed E-state index contributed by atoms with van der Waals surface area (Å²) in [6.07, 6.45) is 5.27. The van der Waals surface area contributed by atoms with Gasteiger partial charge in [-0.15, -0.1) is 0 Å². The van der Waals surface area contributed by atoms with Crippen LogP contribution in [0.4, 0.5) is 0 Å². The van der Waals surface area contributed by atoms with Crippen LogP contribution in [-0.4, -0.2) is 61.6 Å². The van der Waals surface area contributed by atoms with Crippen LogP contribution in [-0.2, 0) is 13.0 Å². The Kier molecular flexibility index (Phi) is 6.47. The lowest BCUT2D eigenvalue weighted by Crippen LogP contribution is -2.29. The van der Waals surface area contributed by atoms with Gasteiger partial charge in [0.05, 0.1) is 14.2 Å². The van der Waals surface area contributed by atoms with Gasteiger partial charge in [0.25, 0.3) is 5.91 Å². The molecule has 2 aromatic carbocycles. The average Bonchev–Trinajstić information content (AvgIpc) is 3.33. The first-order valence-corrected chi connectivity index (χ1v) is 10.9. The molecule has 3 aromatic rings. The van der Waals surface area contributed by atoms with Gasteiger partial charge in [0.1, 0.15) is 0 Å². The summed E-state index contributed by atoms with van der Waals surface area (Å²) in [4.78, 5) is 20.4. The number of H-pyrrole nitrogens is 1. The average molecular weight is 422 g/mol. The summed E-state index contributed by atoms with van der Waals surface area (Å²) in [6, 6.07) is 12.2. The van der Waals surface area contributed by atoms with Gasteiger partial charge in [0.2, 0.25) is 0 Å². The summed E-state index contributed by atoms with van der Waals surface area (Å²) in [5.41, 5.74) is 4.33. The number of amides is 1. The number of aryl methyl sites for hydroxylation is 1. The number of fused-ring (bicyclic) bond motifs is 2. The van der Waals surface area contributed by atoms with Crippen molar-refractivity contribution in [3.05, 3.63) is 59.3 Å². The predicted octanol–water partition coefficient (Wildman–Crippen LogP) is 4.10. The number of hydrogen-bond donors (Lipinski definition) is 1. The highest BCUT2D eigenvalue weighted by Crippen LogP contribution is 2.34. The fourth-order valence-electron chi connectivity index (χ4n) is 4.40. The molecule has 0 saturated carbocycles. The topological polar surface area (TPSA) is 57.8 Å². The van der Waals surface area contributed by atoms with Crippen LogP contribution in [0, 0.1) is 0 Å². The van der Waals surface area contributed by atoms with Crippen molar-refractivity contribution in [2.45, 2.75) is 25.8 Å². The second-order valence-electron chi connectivity index (χ2n) is 8.21. The molecule has 0 atom stereocenters. The van der Waals surface area contributed by atoms with Crippen molar-refractivity contribution in [1.82, 2.24) is 14.8 Å². The van der Waals surface area contributed by atoms with E-state index in [0.717, 1.165) is 50.0 Å². The van der Waals surface area contributed by atoms with Gasteiger partial charge in [-0.25, -0.2) is 0 Å². The van der Waals surface area contributed by atoms with E-state index in [2.05, 4.69) is 47.4 Å². The van der Waals surface area contributed by atoms with E-state index in [1.807, 2.05) is 11.0 Å². The van der Waals surface area contributed by atoms with Crippen LogP contribution in [0.15, 0.2) is 42.6 Å². The van der Waals surface area contributed by atoms with Gasteiger partial charge in [-0.1, -0.05) is 18.2 Å². The molecule has 0 bridgehead atoms. The smallest absolute Gasteiger partial charge is 0.254 e. The quantitative estimate of drug-likeness (QED) is 0.536. The van der Waals surface area contributed by atoms with Crippen molar-refractivity contribution in [2.75, 3.05) is 40.9 Å². The largest absolute Gasteiger partial charge is 0.493 e. The summed E-state index contributed by atoms with van der Waals surface area (Å²) in [7, 11) is 5.37. The van der Waals surface area contributed by atoms with Crippen LogP contribution < -0.4 is 9.47 Å². The zero-order chi connectivity index (χ0) is 21.8. The number of carbonyl (C=O) groups is 1. The van der Waals surface area contributed by atoms with Gasteiger partial charge in [-0.2, -0.15) is 0 Å². The Hall–Kier alpha value is -2.99. The number of benzene rings is 2. The Labute approximate surface area is 183 Å². The number of aromatic amines is 1. The minimum Gasteiger partial charge on any atom is -0.493 e. The molecule has 0 aliphatic carbocycles. The van der Waals surface area contributed by atoms with Gasteiger partial charge in [-0.05, 0) is 68.7 Å². The fraction of sp³-hybridized carbons (Fsp3) is 0.400. The summed E-state index contributed by atoms with van der Waals surface area (Å²) in [6.45, 7) is 3.41. The van der Waals surface area contributed by atoms with Gasteiger partial charge in [-0.3, -0.25) is 4.79 Å². The molecule has 0 saturated heterocycles. The van der Waals surface area contributed by atoms with E-state index < -0.39 is 0 Å². The van der Waals surface area contributed by atoms with Gasteiger partial charge in [0.15, 0.2) is 11.5 Å². The highest BCUT2D eigenvalue weighted by Gasteiger charge is 2.29. The van der Waals surface area contributed by atoms with E-state index in [-0.39, 0.29) is 5.91 Å². The third-order valence-corrected chi connectivity index (χ3v) is 6.12. The molecule has 1 amide bonds. The Morgan fingerprint density at radius 3 is 2.61 bits per heavy atom. The van der Waals surface area contributed by atoms with E-state index in [1.54, 1.807) is 20.3 Å². The van der Waals surface area contributed by atoms with Crippen LogP contribution in [0.1, 0.15) is 34.3 Å². The molecule has 1 N–H and O–H groups in total. The maximum atomic E-state index is 12.8.